The van der Waals surface area contributed by atoms with Gasteiger partial charge in [-0.1, -0.05) is 17.3 Å². The summed E-state index contributed by atoms with van der Waals surface area (Å²) in [5.41, 5.74) is 1.06. The molecule has 4 rings (SSSR count). The highest BCUT2D eigenvalue weighted by molar-refractivity contribution is 7.98. The summed E-state index contributed by atoms with van der Waals surface area (Å²) in [6.07, 6.45) is 0. The predicted molar refractivity (Wildman–Crippen MR) is 113 cm³/mol. The van der Waals surface area contributed by atoms with Crippen LogP contribution in [0.1, 0.15) is 32.4 Å². The summed E-state index contributed by atoms with van der Waals surface area (Å²) < 4.78 is 18.1. The molecule has 0 bridgehead atoms. The smallest absolute Gasteiger partial charge is 0.255 e. The summed E-state index contributed by atoms with van der Waals surface area (Å²) in [4.78, 5) is 34.2. The molecule has 0 aliphatic carbocycles. The number of carbonyl (C=O) groups is 2. The van der Waals surface area contributed by atoms with E-state index in [1.807, 2.05) is 24.3 Å². The molecule has 1 aliphatic heterocycles. The van der Waals surface area contributed by atoms with Crippen molar-refractivity contribution < 1.29 is 18.5 Å². The second-order valence-electron chi connectivity index (χ2n) is 7.11. The summed E-state index contributed by atoms with van der Waals surface area (Å²) in [6, 6.07) is 12.9. The van der Waals surface area contributed by atoms with Crippen LogP contribution in [0, 0.1) is 12.7 Å². The lowest BCUT2D eigenvalue weighted by Crippen LogP contribution is -2.50. The molecule has 0 unspecified atom stereocenters. The van der Waals surface area contributed by atoms with Crippen LogP contribution < -0.4 is 0 Å². The van der Waals surface area contributed by atoms with E-state index in [2.05, 4.69) is 10.1 Å². The van der Waals surface area contributed by atoms with Gasteiger partial charge in [0.25, 0.3) is 11.8 Å². The van der Waals surface area contributed by atoms with Crippen LogP contribution in [0.15, 0.2) is 57.9 Å². The Morgan fingerprint density at radius 1 is 1.00 bits per heavy atom. The number of hydrogen-bond acceptors (Lipinski definition) is 6. The van der Waals surface area contributed by atoms with Crippen molar-refractivity contribution in [2.45, 2.75) is 17.6 Å². The largest absolute Gasteiger partial charge is 0.340 e. The molecule has 3 aromatic rings. The molecule has 1 aromatic heterocycles. The van der Waals surface area contributed by atoms with Gasteiger partial charge in [-0.15, -0.1) is 11.8 Å². The first-order chi connectivity index (χ1) is 15.0. The molecule has 7 nitrogen and oxygen atoms in total. The summed E-state index contributed by atoms with van der Waals surface area (Å²) in [7, 11) is 0. The SMILES string of the molecule is Cc1nc(CSc2ccccc2C(=O)N2CCN(C(=O)c3ccc(F)cc3)CC2)no1. The molecule has 2 aromatic carbocycles. The molecule has 0 spiro atoms. The highest BCUT2D eigenvalue weighted by atomic mass is 32.2. The van der Waals surface area contributed by atoms with Crippen molar-refractivity contribution in [3.63, 3.8) is 0 Å². The van der Waals surface area contributed by atoms with Crippen molar-refractivity contribution in [3.05, 3.63) is 77.2 Å². The Morgan fingerprint density at radius 3 is 2.29 bits per heavy atom. The minimum Gasteiger partial charge on any atom is -0.340 e. The molecule has 160 valence electrons. The maximum absolute atomic E-state index is 13.1. The molecule has 1 saturated heterocycles. The van der Waals surface area contributed by atoms with E-state index in [0.717, 1.165) is 4.90 Å². The van der Waals surface area contributed by atoms with Gasteiger partial charge in [-0.25, -0.2) is 4.39 Å². The molecule has 2 amide bonds. The van der Waals surface area contributed by atoms with Crippen molar-refractivity contribution in [2.24, 2.45) is 0 Å². The molecule has 1 fully saturated rings. The van der Waals surface area contributed by atoms with Crippen molar-refractivity contribution >= 4 is 23.6 Å². The van der Waals surface area contributed by atoms with E-state index in [1.54, 1.807) is 16.7 Å². The Kier molecular flexibility index (Phi) is 6.31. The van der Waals surface area contributed by atoms with E-state index in [0.29, 0.717) is 54.8 Å². The number of hydrogen-bond donors (Lipinski definition) is 0. The molecule has 1 aliphatic rings. The monoisotopic (exact) mass is 440 g/mol. The molecular weight excluding hydrogens is 419 g/mol. The molecule has 0 N–H and O–H groups in total. The molecular formula is C22H21FN4O3S. The van der Waals surface area contributed by atoms with E-state index in [1.165, 1.54) is 36.0 Å². The van der Waals surface area contributed by atoms with Crippen LogP contribution >= 0.6 is 11.8 Å². The van der Waals surface area contributed by atoms with Gasteiger partial charge in [-0.2, -0.15) is 4.98 Å². The highest BCUT2D eigenvalue weighted by Gasteiger charge is 2.26. The Hall–Kier alpha value is -3.20. The molecule has 31 heavy (non-hydrogen) atoms. The number of aryl methyl sites for hydroxylation is 1. The summed E-state index contributed by atoms with van der Waals surface area (Å²) in [5.74, 6) is 0.991. The van der Waals surface area contributed by atoms with E-state index in [-0.39, 0.29) is 17.6 Å². The Morgan fingerprint density at radius 2 is 1.65 bits per heavy atom. The van der Waals surface area contributed by atoms with E-state index in [9.17, 15) is 14.0 Å². The van der Waals surface area contributed by atoms with Crippen molar-refractivity contribution in [1.29, 1.82) is 0 Å². The number of carbonyl (C=O) groups excluding carboxylic acids is 2. The topological polar surface area (TPSA) is 79.5 Å². The van der Waals surface area contributed by atoms with E-state index < -0.39 is 0 Å². The average Bonchev–Trinajstić information content (AvgIpc) is 3.22. The highest BCUT2D eigenvalue weighted by Crippen LogP contribution is 2.27. The van der Waals surface area contributed by atoms with Crippen LogP contribution in [0.4, 0.5) is 4.39 Å². The third-order valence-corrected chi connectivity index (χ3v) is 6.06. The van der Waals surface area contributed by atoms with Gasteiger partial charge < -0.3 is 14.3 Å². The Labute approximate surface area is 183 Å². The number of piperazine rings is 1. The van der Waals surface area contributed by atoms with Gasteiger partial charge in [0, 0.05) is 43.6 Å². The normalized spacial score (nSPS) is 14.0. The molecule has 9 heteroatoms. The number of halogens is 1. The average molecular weight is 441 g/mol. The van der Waals surface area contributed by atoms with Crippen LogP contribution in [-0.4, -0.2) is 57.9 Å². The molecule has 2 heterocycles. The summed E-state index contributed by atoms with van der Waals surface area (Å²) in [5, 5.41) is 3.89. The van der Waals surface area contributed by atoms with Crippen LogP contribution in [0.5, 0.6) is 0 Å². The fourth-order valence-electron chi connectivity index (χ4n) is 3.37. The van der Waals surface area contributed by atoms with Gasteiger partial charge in [0.15, 0.2) is 5.82 Å². The number of rotatable bonds is 5. The zero-order valence-corrected chi connectivity index (χ0v) is 17.8. The Balaban J connectivity index is 1.38. The number of amides is 2. The third-order valence-electron chi connectivity index (χ3n) is 4.99. The first-order valence-corrected chi connectivity index (χ1v) is 10.8. The van der Waals surface area contributed by atoms with Crippen LogP contribution in [0.25, 0.3) is 0 Å². The minimum atomic E-state index is -0.377. The number of nitrogens with zero attached hydrogens (tertiary/aromatic N) is 4. The standard InChI is InChI=1S/C22H21FN4O3S/c1-15-24-20(25-30-15)14-31-19-5-3-2-4-18(19)22(29)27-12-10-26(11-13-27)21(28)16-6-8-17(23)9-7-16/h2-9H,10-14H2,1H3. The van der Waals surface area contributed by atoms with Crippen LogP contribution in [0.3, 0.4) is 0 Å². The van der Waals surface area contributed by atoms with E-state index in [4.69, 9.17) is 4.52 Å². The second kappa shape index (κ2) is 9.30. The zero-order valence-electron chi connectivity index (χ0n) is 17.0. The van der Waals surface area contributed by atoms with Gasteiger partial charge in [0.05, 0.1) is 11.3 Å². The number of benzene rings is 2. The van der Waals surface area contributed by atoms with Crippen molar-refractivity contribution in [2.75, 3.05) is 26.2 Å². The zero-order chi connectivity index (χ0) is 21.8. The summed E-state index contributed by atoms with van der Waals surface area (Å²) in [6.45, 7) is 3.47. The van der Waals surface area contributed by atoms with Crippen LogP contribution in [0.2, 0.25) is 0 Å². The quantitative estimate of drug-likeness (QED) is 0.566. The molecule has 0 radical (unpaired) electrons. The molecule has 0 saturated carbocycles. The van der Waals surface area contributed by atoms with Gasteiger partial charge in [-0.05, 0) is 36.4 Å². The summed E-state index contributed by atoms with van der Waals surface area (Å²) >= 11 is 1.48. The molecule has 0 atom stereocenters. The van der Waals surface area contributed by atoms with Gasteiger partial charge >= 0.3 is 0 Å². The van der Waals surface area contributed by atoms with E-state index >= 15 is 0 Å². The fraction of sp³-hybridized carbons (Fsp3) is 0.273. The first-order valence-electron chi connectivity index (χ1n) is 9.86. The second-order valence-corrected chi connectivity index (χ2v) is 8.12. The van der Waals surface area contributed by atoms with Crippen molar-refractivity contribution in [1.82, 2.24) is 19.9 Å². The van der Waals surface area contributed by atoms with Crippen molar-refractivity contribution in [3.8, 4) is 0 Å². The maximum atomic E-state index is 13.1. The van der Waals surface area contributed by atoms with Crippen LogP contribution in [-0.2, 0) is 5.75 Å². The lowest BCUT2D eigenvalue weighted by Gasteiger charge is -2.35. The number of thioether (sulfide) groups is 1. The maximum Gasteiger partial charge on any atom is 0.255 e. The minimum absolute atomic E-state index is 0.0683. The van der Waals surface area contributed by atoms with Gasteiger partial charge in [0.1, 0.15) is 5.82 Å². The predicted octanol–water partition coefficient (Wildman–Crippen LogP) is 3.41. The lowest BCUT2D eigenvalue weighted by molar-refractivity contribution is 0.0533. The third kappa shape index (κ3) is 4.93. The lowest BCUT2D eigenvalue weighted by atomic mass is 10.1. The fourth-order valence-corrected chi connectivity index (χ4v) is 4.26. The van der Waals surface area contributed by atoms with Gasteiger partial charge in [0.2, 0.25) is 5.89 Å². The number of aromatic nitrogens is 2. The first kappa shape index (κ1) is 21.0. The van der Waals surface area contributed by atoms with Gasteiger partial charge in [-0.3, -0.25) is 9.59 Å². The Bertz CT molecular complexity index is 1080.